The van der Waals surface area contributed by atoms with Crippen LogP contribution in [-0.2, 0) is 4.79 Å². The topological polar surface area (TPSA) is 126 Å². The van der Waals surface area contributed by atoms with Crippen molar-refractivity contribution in [1.29, 1.82) is 5.26 Å². The first-order chi connectivity index (χ1) is 18.2. The highest BCUT2D eigenvalue weighted by atomic mass is 16.5. The molecule has 1 aromatic carbocycles. The fraction of sp³-hybridized carbons (Fsp3) is 0.379. The second-order valence-corrected chi connectivity index (χ2v) is 9.35. The Morgan fingerprint density at radius 2 is 1.84 bits per heavy atom. The summed E-state index contributed by atoms with van der Waals surface area (Å²) < 4.78 is 12.8. The number of nitriles is 1. The first-order valence-corrected chi connectivity index (χ1v) is 12.7. The van der Waals surface area contributed by atoms with Crippen molar-refractivity contribution in [1.82, 2.24) is 14.7 Å². The maximum Gasteiger partial charge on any atom is 0.269 e. The molecule has 1 aliphatic carbocycles. The number of pyridine rings is 1. The Morgan fingerprint density at radius 1 is 1.18 bits per heavy atom. The molecule has 9 heteroatoms. The highest BCUT2D eigenvalue weighted by Gasteiger charge is 2.21. The van der Waals surface area contributed by atoms with E-state index >= 15 is 0 Å². The van der Waals surface area contributed by atoms with Crippen LogP contribution < -0.4 is 20.3 Å². The Balaban J connectivity index is 0.000000934. The molecule has 2 heterocycles. The van der Waals surface area contributed by atoms with Gasteiger partial charge >= 0.3 is 0 Å². The number of amides is 1. The summed E-state index contributed by atoms with van der Waals surface area (Å²) in [6.45, 7) is 5.28. The summed E-state index contributed by atoms with van der Waals surface area (Å²) in [6.07, 6.45) is 7.68. The van der Waals surface area contributed by atoms with E-state index in [-0.39, 0.29) is 29.2 Å². The molecule has 38 heavy (non-hydrogen) atoms. The summed E-state index contributed by atoms with van der Waals surface area (Å²) in [6, 6.07) is 12.5. The van der Waals surface area contributed by atoms with E-state index in [0.29, 0.717) is 17.1 Å². The average molecular weight is 519 g/mol. The number of nitrogens with zero attached hydrogens (tertiary/aromatic N) is 3. The molecule has 1 fully saturated rings. The molecule has 0 aliphatic heterocycles. The van der Waals surface area contributed by atoms with Crippen molar-refractivity contribution >= 4 is 17.6 Å². The lowest BCUT2D eigenvalue weighted by Crippen LogP contribution is -2.36. The summed E-state index contributed by atoms with van der Waals surface area (Å²) >= 11 is 0. The number of methoxy groups -OCH3 is 1. The number of aromatic nitrogens is 2. The van der Waals surface area contributed by atoms with E-state index in [1.54, 1.807) is 50.4 Å². The Morgan fingerprint density at radius 3 is 2.47 bits per heavy atom. The van der Waals surface area contributed by atoms with Gasteiger partial charge in [-0.3, -0.25) is 14.0 Å². The van der Waals surface area contributed by atoms with Gasteiger partial charge in [0.1, 0.15) is 22.9 Å². The van der Waals surface area contributed by atoms with Crippen LogP contribution in [0.5, 0.6) is 17.4 Å². The van der Waals surface area contributed by atoms with Crippen LogP contribution >= 0.6 is 0 Å². The maximum atomic E-state index is 13.4. The molecule has 0 atom stereocenters. The van der Waals surface area contributed by atoms with Crippen molar-refractivity contribution in [2.24, 2.45) is 0 Å². The van der Waals surface area contributed by atoms with Gasteiger partial charge in [0.25, 0.3) is 11.5 Å². The highest BCUT2D eigenvalue weighted by molar-refractivity contribution is 6.02. The predicted molar refractivity (Wildman–Crippen MR) is 145 cm³/mol. The second kappa shape index (κ2) is 13.4. The van der Waals surface area contributed by atoms with E-state index in [1.165, 1.54) is 17.6 Å². The zero-order valence-corrected chi connectivity index (χ0v) is 22.2. The number of hydrogen-bond donors (Lipinski definition) is 2. The molecule has 0 saturated heterocycles. The van der Waals surface area contributed by atoms with E-state index in [1.807, 2.05) is 19.1 Å². The Bertz CT molecular complexity index is 1400. The molecule has 4 rings (SSSR count). The minimum Gasteiger partial charge on any atom is -0.493 e. The molecule has 3 aromatic rings. The van der Waals surface area contributed by atoms with Crippen LogP contribution in [0.4, 0.5) is 0 Å². The molecule has 200 valence electrons. The van der Waals surface area contributed by atoms with Gasteiger partial charge in [0.15, 0.2) is 11.5 Å². The summed E-state index contributed by atoms with van der Waals surface area (Å²) in [5, 5.41) is 20.7. The van der Waals surface area contributed by atoms with Gasteiger partial charge in [-0.25, -0.2) is 0 Å². The van der Waals surface area contributed by atoms with Crippen molar-refractivity contribution in [3.63, 3.8) is 0 Å². The monoisotopic (exact) mass is 518 g/mol. The predicted octanol–water partition coefficient (Wildman–Crippen LogP) is 4.55. The minimum atomic E-state index is -0.508. The minimum absolute atomic E-state index is 0.00403. The third-order valence-corrected chi connectivity index (χ3v) is 5.92. The van der Waals surface area contributed by atoms with E-state index < -0.39 is 11.5 Å². The number of para-hydroxylation sites is 2. The molecule has 1 saturated carbocycles. The molecule has 1 aliphatic rings. The SMILES string of the molecule is CC(C)O.COc1ccccc1Oc1nc2c(C)cccn2c(=O)c1/C=C(\C#N)C(=O)NC1CCCCC1. The zero-order chi connectivity index (χ0) is 27.7. The molecule has 2 aromatic heterocycles. The maximum absolute atomic E-state index is 13.4. The Hall–Kier alpha value is -4.16. The lowest BCUT2D eigenvalue weighted by molar-refractivity contribution is -0.117. The van der Waals surface area contributed by atoms with Gasteiger partial charge in [-0.05, 0) is 63.5 Å². The van der Waals surface area contributed by atoms with Gasteiger partial charge in [0, 0.05) is 18.3 Å². The Kier molecular flexibility index (Phi) is 10.0. The van der Waals surface area contributed by atoms with E-state index in [0.717, 1.165) is 37.7 Å². The van der Waals surface area contributed by atoms with Crippen LogP contribution in [0.1, 0.15) is 57.1 Å². The van der Waals surface area contributed by atoms with E-state index in [9.17, 15) is 14.9 Å². The van der Waals surface area contributed by atoms with Crippen LogP contribution in [0.2, 0.25) is 0 Å². The van der Waals surface area contributed by atoms with E-state index in [4.69, 9.17) is 14.6 Å². The van der Waals surface area contributed by atoms with Gasteiger partial charge < -0.3 is 19.9 Å². The third-order valence-electron chi connectivity index (χ3n) is 5.92. The van der Waals surface area contributed by atoms with Crippen LogP contribution in [0.15, 0.2) is 53.0 Å². The number of hydrogen-bond acceptors (Lipinski definition) is 7. The van der Waals surface area contributed by atoms with Crippen molar-refractivity contribution in [2.75, 3.05) is 7.11 Å². The third kappa shape index (κ3) is 7.20. The molecular formula is C29H34N4O5. The largest absolute Gasteiger partial charge is 0.493 e. The summed E-state index contributed by atoms with van der Waals surface area (Å²) in [7, 11) is 1.51. The van der Waals surface area contributed by atoms with Gasteiger partial charge in [-0.15, -0.1) is 0 Å². The molecule has 1 amide bonds. The van der Waals surface area contributed by atoms with Gasteiger partial charge in [-0.1, -0.05) is 37.5 Å². The fourth-order valence-corrected chi connectivity index (χ4v) is 4.10. The van der Waals surface area contributed by atoms with Crippen LogP contribution in [0.3, 0.4) is 0 Å². The van der Waals surface area contributed by atoms with Crippen molar-refractivity contribution in [2.45, 2.75) is 65.0 Å². The van der Waals surface area contributed by atoms with E-state index in [2.05, 4.69) is 10.3 Å². The molecule has 0 radical (unpaired) electrons. The molecule has 0 spiro atoms. The number of fused-ring (bicyclic) bond motifs is 1. The lowest BCUT2D eigenvalue weighted by Gasteiger charge is -2.22. The van der Waals surface area contributed by atoms with Gasteiger partial charge in [0.05, 0.1) is 7.11 Å². The van der Waals surface area contributed by atoms with Crippen LogP contribution in [0, 0.1) is 18.3 Å². The lowest BCUT2D eigenvalue weighted by atomic mass is 9.95. The normalized spacial score (nSPS) is 13.9. The number of aryl methyl sites for hydroxylation is 1. The quantitative estimate of drug-likeness (QED) is 0.362. The molecule has 0 unspecified atom stereocenters. The number of nitrogens with one attached hydrogen (secondary N) is 1. The number of aliphatic hydroxyl groups is 1. The average Bonchev–Trinajstić information content (AvgIpc) is 2.90. The van der Waals surface area contributed by atoms with Crippen LogP contribution in [-0.4, -0.2) is 39.7 Å². The molecule has 9 nitrogen and oxygen atoms in total. The summed E-state index contributed by atoms with van der Waals surface area (Å²) in [5.41, 5.74) is 0.568. The number of benzene rings is 1. The molecule has 0 bridgehead atoms. The first kappa shape index (κ1) is 28.4. The summed E-state index contributed by atoms with van der Waals surface area (Å²) in [4.78, 5) is 30.9. The van der Waals surface area contributed by atoms with Gasteiger partial charge in [0.2, 0.25) is 5.88 Å². The van der Waals surface area contributed by atoms with Crippen molar-refractivity contribution in [3.8, 4) is 23.4 Å². The highest BCUT2D eigenvalue weighted by Crippen LogP contribution is 2.32. The number of carbonyl (C=O) groups excluding carboxylic acids is 1. The smallest absolute Gasteiger partial charge is 0.269 e. The zero-order valence-electron chi connectivity index (χ0n) is 22.2. The number of rotatable bonds is 6. The fourth-order valence-electron chi connectivity index (χ4n) is 4.10. The number of carbonyl (C=O) groups is 1. The summed E-state index contributed by atoms with van der Waals surface area (Å²) in [5.74, 6) is 0.294. The van der Waals surface area contributed by atoms with Gasteiger partial charge in [-0.2, -0.15) is 10.2 Å². The standard InChI is InChI=1S/C26H26N4O4.C3H8O/c1-17-9-8-14-30-23(17)29-25(34-22-13-7-6-12-21(22)33-2)20(26(30)32)15-18(16-27)24(31)28-19-10-4-3-5-11-19;1-3(2)4/h6-9,12-15,19H,3-5,10-11H2,1-2H3,(H,28,31);3-4H,1-2H3/b18-15+;. The molecular weight excluding hydrogens is 484 g/mol. The van der Waals surface area contributed by atoms with Crippen LogP contribution in [0.25, 0.3) is 11.7 Å². The molecule has 2 N–H and O–H groups in total. The Labute approximate surface area is 222 Å². The number of ether oxygens (including phenoxy) is 2. The number of aliphatic hydroxyl groups excluding tert-OH is 1. The van der Waals surface area contributed by atoms with Crippen molar-refractivity contribution < 1.29 is 19.4 Å². The first-order valence-electron chi connectivity index (χ1n) is 12.7. The second-order valence-electron chi connectivity index (χ2n) is 9.35. The van der Waals surface area contributed by atoms with Crippen molar-refractivity contribution in [3.05, 3.63) is 69.6 Å².